The van der Waals surface area contributed by atoms with Gasteiger partial charge < -0.3 is 9.72 Å². The van der Waals surface area contributed by atoms with Gasteiger partial charge in [0, 0.05) is 12.7 Å². The zero-order chi connectivity index (χ0) is 10.7. The Labute approximate surface area is 90.1 Å². The van der Waals surface area contributed by atoms with Gasteiger partial charge in [0.15, 0.2) is 0 Å². The fraction of sp³-hybridized carbons (Fsp3) is 0.417. The smallest absolute Gasteiger partial charge is 0.139 e. The van der Waals surface area contributed by atoms with Gasteiger partial charge in [0.1, 0.15) is 5.65 Å². The summed E-state index contributed by atoms with van der Waals surface area (Å²) in [5.74, 6) is 0. The van der Waals surface area contributed by atoms with Crippen molar-refractivity contribution in [3.63, 3.8) is 0 Å². The Morgan fingerprint density at radius 3 is 3.13 bits per heavy atom. The Morgan fingerprint density at radius 1 is 1.47 bits per heavy atom. The second-order valence-corrected chi connectivity index (χ2v) is 3.81. The first kappa shape index (κ1) is 10.2. The lowest BCUT2D eigenvalue weighted by Crippen LogP contribution is -2.15. The van der Waals surface area contributed by atoms with E-state index in [0.717, 1.165) is 25.2 Å². The number of rotatable bonds is 4. The second-order valence-electron chi connectivity index (χ2n) is 3.81. The molecule has 0 unspecified atom stereocenters. The molecule has 0 aromatic carbocycles. The fourth-order valence-electron chi connectivity index (χ4n) is 1.73. The van der Waals surface area contributed by atoms with Crippen LogP contribution in [-0.2, 0) is 6.54 Å². The van der Waals surface area contributed by atoms with Crippen LogP contribution in [-0.4, -0.2) is 15.9 Å². The van der Waals surface area contributed by atoms with Crippen LogP contribution in [0.4, 0.5) is 0 Å². The van der Waals surface area contributed by atoms with Crippen LogP contribution in [0.3, 0.4) is 0 Å². The summed E-state index contributed by atoms with van der Waals surface area (Å²) in [5, 5.41) is 3.39. The summed E-state index contributed by atoms with van der Waals surface area (Å²) in [6.07, 6.45) is 5.18. The fourth-order valence-corrected chi connectivity index (χ4v) is 1.73. The Morgan fingerprint density at radius 2 is 2.33 bits per heavy atom. The molecule has 2 aromatic heterocycles. The molecule has 0 spiro atoms. The lowest BCUT2D eigenvalue weighted by atomic mass is 10.3. The second kappa shape index (κ2) is 4.45. The van der Waals surface area contributed by atoms with Crippen molar-refractivity contribution in [2.75, 3.05) is 6.54 Å². The topological polar surface area (TPSA) is 29.3 Å². The van der Waals surface area contributed by atoms with Gasteiger partial charge in [-0.25, -0.2) is 4.98 Å². The summed E-state index contributed by atoms with van der Waals surface area (Å²) < 4.78 is 2.15. The third-order valence-electron chi connectivity index (χ3n) is 2.54. The highest BCUT2D eigenvalue weighted by atomic mass is 15.0. The number of pyridine rings is 1. The molecule has 3 heteroatoms. The molecule has 1 N–H and O–H groups in total. The minimum Gasteiger partial charge on any atom is -0.311 e. The van der Waals surface area contributed by atoms with E-state index in [1.54, 1.807) is 0 Å². The van der Waals surface area contributed by atoms with Crippen molar-refractivity contribution in [1.29, 1.82) is 0 Å². The average molecular weight is 203 g/mol. The number of nitrogens with one attached hydrogen (secondary N) is 1. The predicted molar refractivity (Wildman–Crippen MR) is 61.9 cm³/mol. The molecule has 0 aliphatic rings. The van der Waals surface area contributed by atoms with E-state index in [0.29, 0.717) is 0 Å². The zero-order valence-electron chi connectivity index (χ0n) is 9.33. The van der Waals surface area contributed by atoms with Crippen molar-refractivity contribution in [1.82, 2.24) is 14.7 Å². The molecule has 3 nitrogen and oxygen atoms in total. The SMILES string of the molecule is CCCNCc1cnc2c(C)cccn12. The van der Waals surface area contributed by atoms with Gasteiger partial charge in [0.05, 0.1) is 11.9 Å². The molecule has 15 heavy (non-hydrogen) atoms. The molecule has 0 amide bonds. The summed E-state index contributed by atoms with van der Waals surface area (Å²) in [4.78, 5) is 4.42. The summed E-state index contributed by atoms with van der Waals surface area (Å²) in [7, 11) is 0. The number of aryl methyl sites for hydroxylation is 1. The van der Waals surface area contributed by atoms with Gasteiger partial charge in [-0.15, -0.1) is 0 Å². The van der Waals surface area contributed by atoms with Crippen LogP contribution >= 0.6 is 0 Å². The highest BCUT2D eigenvalue weighted by Gasteiger charge is 2.03. The Hall–Kier alpha value is -1.35. The lowest BCUT2D eigenvalue weighted by molar-refractivity contribution is 0.661. The maximum Gasteiger partial charge on any atom is 0.139 e. The van der Waals surface area contributed by atoms with E-state index in [4.69, 9.17) is 0 Å². The molecule has 2 heterocycles. The quantitative estimate of drug-likeness (QED) is 0.771. The average Bonchev–Trinajstić information content (AvgIpc) is 2.64. The highest BCUT2D eigenvalue weighted by molar-refractivity contribution is 5.48. The number of fused-ring (bicyclic) bond motifs is 1. The molecular weight excluding hydrogens is 186 g/mol. The highest BCUT2D eigenvalue weighted by Crippen LogP contribution is 2.10. The molecule has 2 rings (SSSR count). The third-order valence-corrected chi connectivity index (χ3v) is 2.54. The van der Waals surface area contributed by atoms with Gasteiger partial charge in [0.25, 0.3) is 0 Å². The van der Waals surface area contributed by atoms with Gasteiger partial charge in [0.2, 0.25) is 0 Å². The third kappa shape index (κ3) is 2.02. The van der Waals surface area contributed by atoms with Crippen molar-refractivity contribution in [3.05, 3.63) is 35.8 Å². The first-order chi connectivity index (χ1) is 7.33. The molecule has 0 fully saturated rings. The van der Waals surface area contributed by atoms with E-state index in [-0.39, 0.29) is 0 Å². The zero-order valence-corrected chi connectivity index (χ0v) is 9.33. The molecule has 0 bridgehead atoms. The molecular formula is C12H17N3. The molecule has 0 radical (unpaired) electrons. The Balaban J connectivity index is 2.25. The number of aromatic nitrogens is 2. The van der Waals surface area contributed by atoms with Gasteiger partial charge in [-0.2, -0.15) is 0 Å². The van der Waals surface area contributed by atoms with Gasteiger partial charge in [-0.3, -0.25) is 0 Å². The maximum atomic E-state index is 4.42. The molecule has 80 valence electrons. The van der Waals surface area contributed by atoms with E-state index in [2.05, 4.69) is 46.9 Å². The largest absolute Gasteiger partial charge is 0.311 e. The summed E-state index contributed by atoms with van der Waals surface area (Å²) in [6.45, 7) is 6.20. The maximum absolute atomic E-state index is 4.42. The molecule has 0 saturated heterocycles. The first-order valence-corrected chi connectivity index (χ1v) is 5.45. The first-order valence-electron chi connectivity index (χ1n) is 5.45. The normalized spacial score (nSPS) is 11.1. The predicted octanol–water partition coefficient (Wildman–Crippen LogP) is 2.14. The Kier molecular flexibility index (Phi) is 3.02. The van der Waals surface area contributed by atoms with Gasteiger partial charge >= 0.3 is 0 Å². The molecule has 0 saturated carbocycles. The molecule has 2 aromatic rings. The van der Waals surface area contributed by atoms with Crippen molar-refractivity contribution >= 4 is 5.65 Å². The van der Waals surface area contributed by atoms with Crippen molar-refractivity contribution in [2.24, 2.45) is 0 Å². The van der Waals surface area contributed by atoms with E-state index < -0.39 is 0 Å². The van der Waals surface area contributed by atoms with Gasteiger partial charge in [-0.05, 0) is 31.5 Å². The van der Waals surface area contributed by atoms with E-state index in [1.165, 1.54) is 11.3 Å². The molecule has 0 atom stereocenters. The number of nitrogens with zero attached hydrogens (tertiary/aromatic N) is 2. The standard InChI is InChI=1S/C12H17N3/c1-3-6-13-8-11-9-14-12-10(2)5-4-7-15(11)12/h4-5,7,9,13H,3,6,8H2,1-2H3. The van der Waals surface area contributed by atoms with Crippen LogP contribution in [0.15, 0.2) is 24.5 Å². The molecule has 0 aliphatic carbocycles. The monoisotopic (exact) mass is 203 g/mol. The minimum atomic E-state index is 0.887. The van der Waals surface area contributed by atoms with Gasteiger partial charge in [-0.1, -0.05) is 13.0 Å². The van der Waals surface area contributed by atoms with Crippen LogP contribution in [0.1, 0.15) is 24.6 Å². The van der Waals surface area contributed by atoms with Crippen LogP contribution in [0.25, 0.3) is 5.65 Å². The number of imidazole rings is 1. The van der Waals surface area contributed by atoms with E-state index in [1.807, 2.05) is 6.20 Å². The summed E-state index contributed by atoms with van der Waals surface area (Å²) >= 11 is 0. The van der Waals surface area contributed by atoms with Crippen LogP contribution in [0, 0.1) is 6.92 Å². The molecule has 0 aliphatic heterocycles. The van der Waals surface area contributed by atoms with Crippen molar-refractivity contribution in [2.45, 2.75) is 26.8 Å². The van der Waals surface area contributed by atoms with Crippen LogP contribution in [0.2, 0.25) is 0 Å². The van der Waals surface area contributed by atoms with E-state index >= 15 is 0 Å². The minimum absolute atomic E-state index is 0.887. The number of hydrogen-bond acceptors (Lipinski definition) is 2. The van der Waals surface area contributed by atoms with Crippen molar-refractivity contribution < 1.29 is 0 Å². The summed E-state index contributed by atoms with van der Waals surface area (Å²) in [6, 6.07) is 4.15. The Bertz CT molecular complexity index is 445. The van der Waals surface area contributed by atoms with Crippen LogP contribution in [0.5, 0.6) is 0 Å². The van der Waals surface area contributed by atoms with Crippen molar-refractivity contribution in [3.8, 4) is 0 Å². The summed E-state index contributed by atoms with van der Waals surface area (Å²) in [5.41, 5.74) is 3.51. The lowest BCUT2D eigenvalue weighted by Gasteiger charge is -2.03. The number of hydrogen-bond donors (Lipinski definition) is 1. The van der Waals surface area contributed by atoms with E-state index in [9.17, 15) is 0 Å². The van der Waals surface area contributed by atoms with Crippen LogP contribution < -0.4 is 5.32 Å².